The Morgan fingerprint density at radius 1 is 1.40 bits per heavy atom. The van der Waals surface area contributed by atoms with Crippen LogP contribution in [0.1, 0.15) is 39.2 Å². The summed E-state index contributed by atoms with van der Waals surface area (Å²) in [6, 6.07) is 5.83. The lowest BCUT2D eigenvalue weighted by Crippen LogP contribution is -2.63. The molecule has 1 aliphatic heterocycles. The Bertz CT molecular complexity index is 460. The molecule has 0 saturated carbocycles. The van der Waals surface area contributed by atoms with Crippen LogP contribution in [0.5, 0.6) is 0 Å². The molecule has 2 rings (SSSR count). The average Bonchev–Trinajstić information content (AvgIpc) is 2.43. The second-order valence-electron chi connectivity index (χ2n) is 5.83. The molecule has 1 fully saturated rings. The molecular weight excluding hydrogens is 319 g/mol. The quantitative estimate of drug-likeness (QED) is 0.891. The molecule has 20 heavy (non-hydrogen) atoms. The summed E-state index contributed by atoms with van der Waals surface area (Å²) in [6.45, 7) is 9.29. The van der Waals surface area contributed by atoms with E-state index in [0.29, 0.717) is 12.6 Å². The third-order valence-corrected chi connectivity index (χ3v) is 5.13. The minimum atomic E-state index is -0.119. The van der Waals surface area contributed by atoms with Crippen LogP contribution in [0.4, 0.5) is 4.39 Å². The fraction of sp³-hybridized carbons (Fsp3) is 0.625. The molecule has 1 aliphatic rings. The van der Waals surface area contributed by atoms with Crippen LogP contribution >= 0.6 is 15.9 Å². The van der Waals surface area contributed by atoms with Crippen molar-refractivity contribution in [1.82, 2.24) is 10.2 Å². The van der Waals surface area contributed by atoms with Gasteiger partial charge in [0.15, 0.2) is 0 Å². The van der Waals surface area contributed by atoms with Crippen LogP contribution in [0.3, 0.4) is 0 Å². The summed E-state index contributed by atoms with van der Waals surface area (Å²) in [4.78, 5) is 2.46. The van der Waals surface area contributed by atoms with Gasteiger partial charge >= 0.3 is 0 Å². The van der Waals surface area contributed by atoms with Gasteiger partial charge in [0.25, 0.3) is 0 Å². The Hall–Kier alpha value is -0.450. The van der Waals surface area contributed by atoms with Crippen molar-refractivity contribution in [3.63, 3.8) is 0 Å². The molecular formula is C16H24BrFN2. The van der Waals surface area contributed by atoms with Gasteiger partial charge < -0.3 is 5.32 Å². The number of benzene rings is 1. The van der Waals surface area contributed by atoms with Crippen molar-refractivity contribution < 1.29 is 4.39 Å². The number of halogens is 2. The van der Waals surface area contributed by atoms with E-state index in [1.807, 2.05) is 12.1 Å². The number of hydrogen-bond donors (Lipinski definition) is 1. The SMILES string of the molecule is CCC1(CC)CNC(C)CN1Cc1ccc(Br)cc1F. The summed E-state index contributed by atoms with van der Waals surface area (Å²) in [5.74, 6) is -0.119. The van der Waals surface area contributed by atoms with Gasteiger partial charge in [-0.2, -0.15) is 0 Å². The molecule has 1 saturated heterocycles. The van der Waals surface area contributed by atoms with Crippen LogP contribution in [0.15, 0.2) is 22.7 Å². The van der Waals surface area contributed by atoms with E-state index in [1.165, 1.54) is 0 Å². The highest BCUT2D eigenvalue weighted by molar-refractivity contribution is 9.10. The summed E-state index contributed by atoms with van der Waals surface area (Å²) in [7, 11) is 0. The van der Waals surface area contributed by atoms with Crippen molar-refractivity contribution in [2.45, 2.75) is 51.7 Å². The van der Waals surface area contributed by atoms with E-state index in [2.05, 4.69) is 46.9 Å². The lowest BCUT2D eigenvalue weighted by atomic mass is 9.87. The van der Waals surface area contributed by atoms with Gasteiger partial charge in [-0.3, -0.25) is 4.90 Å². The van der Waals surface area contributed by atoms with Crippen LogP contribution < -0.4 is 5.32 Å². The van der Waals surface area contributed by atoms with Crippen molar-refractivity contribution in [3.05, 3.63) is 34.1 Å². The molecule has 0 aliphatic carbocycles. The highest BCUT2D eigenvalue weighted by Crippen LogP contribution is 2.29. The predicted octanol–water partition coefficient (Wildman–Crippen LogP) is 3.94. The predicted molar refractivity (Wildman–Crippen MR) is 85.3 cm³/mol. The number of piperazine rings is 1. The standard InChI is InChI=1S/C16H24BrFN2/c1-4-16(5-2)11-19-12(3)9-20(16)10-13-6-7-14(17)8-15(13)18/h6-8,12,19H,4-5,9-11H2,1-3H3. The summed E-state index contributed by atoms with van der Waals surface area (Å²) < 4.78 is 14.9. The molecule has 0 amide bonds. The molecule has 1 N–H and O–H groups in total. The molecule has 0 bridgehead atoms. The zero-order valence-corrected chi connectivity index (χ0v) is 14.1. The lowest BCUT2D eigenvalue weighted by molar-refractivity contribution is 0.0270. The maximum atomic E-state index is 14.1. The molecule has 112 valence electrons. The molecule has 1 unspecified atom stereocenters. The Kier molecular flexibility index (Phi) is 5.21. The topological polar surface area (TPSA) is 15.3 Å². The smallest absolute Gasteiger partial charge is 0.128 e. The molecule has 4 heteroatoms. The molecule has 0 aromatic heterocycles. The van der Waals surface area contributed by atoms with Gasteiger partial charge in [-0.25, -0.2) is 4.39 Å². The minimum absolute atomic E-state index is 0.119. The zero-order chi connectivity index (χ0) is 14.8. The van der Waals surface area contributed by atoms with Crippen LogP contribution in [0, 0.1) is 5.82 Å². The Balaban J connectivity index is 2.23. The van der Waals surface area contributed by atoms with Crippen LogP contribution in [-0.4, -0.2) is 29.6 Å². The monoisotopic (exact) mass is 342 g/mol. The van der Waals surface area contributed by atoms with Crippen molar-refractivity contribution in [2.75, 3.05) is 13.1 Å². The van der Waals surface area contributed by atoms with E-state index in [-0.39, 0.29) is 11.4 Å². The van der Waals surface area contributed by atoms with Gasteiger partial charge in [0, 0.05) is 41.3 Å². The second-order valence-corrected chi connectivity index (χ2v) is 6.75. The Morgan fingerprint density at radius 2 is 2.10 bits per heavy atom. The molecule has 1 aromatic carbocycles. The summed E-state index contributed by atoms with van der Waals surface area (Å²) in [5.41, 5.74) is 0.931. The first-order chi connectivity index (χ1) is 9.50. The lowest BCUT2D eigenvalue weighted by Gasteiger charge is -2.49. The van der Waals surface area contributed by atoms with E-state index in [0.717, 1.165) is 36.0 Å². The van der Waals surface area contributed by atoms with Crippen molar-refractivity contribution in [1.29, 1.82) is 0 Å². The first-order valence-corrected chi connectivity index (χ1v) is 8.22. The van der Waals surface area contributed by atoms with Gasteiger partial charge in [0.1, 0.15) is 5.82 Å². The summed E-state index contributed by atoms with van der Waals surface area (Å²) >= 11 is 3.32. The third-order valence-electron chi connectivity index (χ3n) is 4.64. The van der Waals surface area contributed by atoms with E-state index < -0.39 is 0 Å². The van der Waals surface area contributed by atoms with Crippen molar-refractivity contribution in [3.8, 4) is 0 Å². The number of hydrogen-bond acceptors (Lipinski definition) is 2. The van der Waals surface area contributed by atoms with E-state index in [1.54, 1.807) is 6.07 Å². The average molecular weight is 343 g/mol. The maximum absolute atomic E-state index is 14.1. The van der Waals surface area contributed by atoms with Crippen LogP contribution in [0.25, 0.3) is 0 Å². The van der Waals surface area contributed by atoms with Crippen molar-refractivity contribution >= 4 is 15.9 Å². The Morgan fingerprint density at radius 3 is 2.70 bits per heavy atom. The Labute approximate surface area is 129 Å². The maximum Gasteiger partial charge on any atom is 0.128 e. The van der Waals surface area contributed by atoms with Crippen molar-refractivity contribution in [2.24, 2.45) is 0 Å². The van der Waals surface area contributed by atoms with Gasteiger partial charge in [-0.1, -0.05) is 35.8 Å². The van der Waals surface area contributed by atoms with E-state index >= 15 is 0 Å². The first kappa shape index (κ1) is 15.9. The van der Waals surface area contributed by atoms with E-state index in [4.69, 9.17) is 0 Å². The molecule has 0 spiro atoms. The highest BCUT2D eigenvalue weighted by atomic mass is 79.9. The fourth-order valence-electron chi connectivity index (χ4n) is 3.10. The minimum Gasteiger partial charge on any atom is -0.311 e. The number of nitrogens with one attached hydrogen (secondary N) is 1. The van der Waals surface area contributed by atoms with Gasteiger partial charge in [0.2, 0.25) is 0 Å². The number of nitrogens with zero attached hydrogens (tertiary/aromatic N) is 1. The molecule has 1 atom stereocenters. The first-order valence-electron chi connectivity index (χ1n) is 7.43. The number of rotatable bonds is 4. The second kappa shape index (κ2) is 6.54. The van der Waals surface area contributed by atoms with Crippen LogP contribution in [-0.2, 0) is 6.54 Å². The molecule has 0 radical (unpaired) electrons. The van der Waals surface area contributed by atoms with Gasteiger partial charge in [0.05, 0.1) is 0 Å². The van der Waals surface area contributed by atoms with Gasteiger partial charge in [-0.05, 0) is 31.9 Å². The summed E-state index contributed by atoms with van der Waals surface area (Å²) in [6.07, 6.45) is 2.17. The molecule has 1 aromatic rings. The van der Waals surface area contributed by atoms with Crippen LogP contribution in [0.2, 0.25) is 0 Å². The molecule has 1 heterocycles. The largest absolute Gasteiger partial charge is 0.311 e. The molecule has 2 nitrogen and oxygen atoms in total. The highest BCUT2D eigenvalue weighted by Gasteiger charge is 2.37. The zero-order valence-electron chi connectivity index (χ0n) is 12.5. The summed E-state index contributed by atoms with van der Waals surface area (Å²) in [5, 5.41) is 3.57. The van der Waals surface area contributed by atoms with Gasteiger partial charge in [-0.15, -0.1) is 0 Å². The normalized spacial score (nSPS) is 22.9. The fourth-order valence-corrected chi connectivity index (χ4v) is 3.43. The third kappa shape index (κ3) is 3.23. The van der Waals surface area contributed by atoms with E-state index in [9.17, 15) is 4.39 Å².